The molecule has 0 spiro atoms. The molecule has 0 saturated heterocycles. The van der Waals surface area contributed by atoms with Gasteiger partial charge in [-0.1, -0.05) is 5.16 Å². The Morgan fingerprint density at radius 3 is 2.76 bits per heavy atom. The molecule has 3 rings (SSSR count). The summed E-state index contributed by atoms with van der Waals surface area (Å²) in [5.41, 5.74) is 7.57. The van der Waals surface area contributed by atoms with Crippen LogP contribution in [0.5, 0.6) is 5.75 Å². The van der Waals surface area contributed by atoms with Gasteiger partial charge in [-0.15, -0.1) is 0 Å². The molecular weight excluding hydrogens is 336 g/mol. The van der Waals surface area contributed by atoms with Crippen LogP contribution in [0.1, 0.15) is 0 Å². The highest BCUT2D eigenvalue weighted by molar-refractivity contribution is 9.10. The van der Waals surface area contributed by atoms with Crippen LogP contribution in [0, 0.1) is 0 Å². The largest absolute Gasteiger partial charge is 0.496 e. The summed E-state index contributed by atoms with van der Waals surface area (Å²) in [6.07, 6.45) is 1.54. The molecule has 1 aromatic carbocycles. The van der Waals surface area contributed by atoms with Crippen LogP contribution in [0.3, 0.4) is 0 Å². The van der Waals surface area contributed by atoms with Crippen molar-refractivity contribution in [1.29, 1.82) is 0 Å². The highest BCUT2D eigenvalue weighted by Gasteiger charge is 2.13. The molecule has 0 fully saturated rings. The lowest BCUT2D eigenvalue weighted by Crippen LogP contribution is -1.88. The number of methoxy groups -OCH3 is 1. The van der Waals surface area contributed by atoms with Crippen molar-refractivity contribution >= 4 is 21.6 Å². The molecule has 21 heavy (non-hydrogen) atoms. The quantitative estimate of drug-likeness (QED) is 0.783. The molecule has 3 aromatic rings. The third-order valence-corrected chi connectivity index (χ3v) is 3.46. The van der Waals surface area contributed by atoms with E-state index in [1.54, 1.807) is 25.4 Å². The Balaban J connectivity index is 1.94. The number of pyridine rings is 1. The fourth-order valence-corrected chi connectivity index (χ4v) is 2.32. The molecule has 2 heterocycles. The minimum absolute atomic E-state index is 0.344. The topological polar surface area (TPSA) is 87.1 Å². The Kier molecular flexibility index (Phi) is 3.57. The summed E-state index contributed by atoms with van der Waals surface area (Å²) >= 11 is 3.43. The molecule has 2 aromatic heterocycles. The predicted octanol–water partition coefficient (Wildman–Crippen LogP) is 3.15. The van der Waals surface area contributed by atoms with Gasteiger partial charge in [-0.2, -0.15) is 4.98 Å². The van der Waals surface area contributed by atoms with Crippen LogP contribution in [0.15, 0.2) is 45.5 Å². The molecule has 0 aliphatic rings. The molecule has 0 unspecified atom stereocenters. The highest BCUT2D eigenvalue weighted by atomic mass is 79.9. The van der Waals surface area contributed by atoms with Gasteiger partial charge in [0.15, 0.2) is 0 Å². The Hall–Kier alpha value is -2.41. The second-order valence-corrected chi connectivity index (χ2v) is 5.10. The summed E-state index contributed by atoms with van der Waals surface area (Å²) in [5, 5.41) is 3.96. The van der Waals surface area contributed by atoms with Crippen LogP contribution in [0.2, 0.25) is 0 Å². The first-order valence-electron chi connectivity index (χ1n) is 6.07. The smallest absolute Gasteiger partial charge is 0.276 e. The monoisotopic (exact) mass is 346 g/mol. The molecule has 0 radical (unpaired) electrons. The average molecular weight is 347 g/mol. The first kappa shape index (κ1) is 13.6. The number of hydrogen-bond donors (Lipinski definition) is 1. The number of hydrogen-bond acceptors (Lipinski definition) is 6. The number of nitrogens with two attached hydrogens (primary N) is 1. The van der Waals surface area contributed by atoms with Gasteiger partial charge in [0.05, 0.1) is 23.5 Å². The van der Waals surface area contributed by atoms with E-state index in [2.05, 4.69) is 31.1 Å². The van der Waals surface area contributed by atoms with Crippen LogP contribution in [0.4, 0.5) is 5.69 Å². The minimum atomic E-state index is 0.344. The summed E-state index contributed by atoms with van der Waals surface area (Å²) in [7, 11) is 1.61. The van der Waals surface area contributed by atoms with E-state index in [9.17, 15) is 0 Å². The average Bonchev–Trinajstić information content (AvgIpc) is 2.98. The van der Waals surface area contributed by atoms with Gasteiger partial charge in [-0.25, -0.2) is 4.98 Å². The van der Waals surface area contributed by atoms with E-state index >= 15 is 0 Å². The van der Waals surface area contributed by atoms with Crippen molar-refractivity contribution in [2.45, 2.75) is 0 Å². The number of nitrogens with zero attached hydrogens (tertiary/aromatic N) is 3. The molecule has 0 bridgehead atoms. The highest BCUT2D eigenvalue weighted by Crippen LogP contribution is 2.30. The Bertz CT molecular complexity index is 771. The summed E-state index contributed by atoms with van der Waals surface area (Å²) in [5.74, 6) is 1.56. The zero-order valence-corrected chi connectivity index (χ0v) is 12.7. The standard InChI is InChI=1S/C14H11BrN4O2/c1-20-12-5-2-8(6-10(12)15)13-18-14(21-19-13)11-4-3-9(16)7-17-11/h2-7H,16H2,1H3. The van der Waals surface area contributed by atoms with Crippen molar-refractivity contribution in [3.8, 4) is 28.7 Å². The second kappa shape index (κ2) is 5.53. The lowest BCUT2D eigenvalue weighted by atomic mass is 10.2. The third-order valence-electron chi connectivity index (χ3n) is 2.84. The molecule has 0 aliphatic carbocycles. The second-order valence-electron chi connectivity index (χ2n) is 4.25. The number of rotatable bonds is 3. The van der Waals surface area contributed by atoms with Crippen molar-refractivity contribution < 1.29 is 9.26 Å². The minimum Gasteiger partial charge on any atom is -0.496 e. The first-order chi connectivity index (χ1) is 10.2. The van der Waals surface area contributed by atoms with Gasteiger partial charge in [-0.05, 0) is 46.3 Å². The van der Waals surface area contributed by atoms with Crippen molar-refractivity contribution in [3.63, 3.8) is 0 Å². The maximum atomic E-state index is 5.60. The number of nitrogen functional groups attached to an aromatic ring is 1. The summed E-state index contributed by atoms with van der Waals surface area (Å²) in [4.78, 5) is 8.48. The van der Waals surface area contributed by atoms with Crippen molar-refractivity contribution in [3.05, 3.63) is 41.0 Å². The fourth-order valence-electron chi connectivity index (χ4n) is 1.78. The SMILES string of the molecule is COc1ccc(-c2noc(-c3ccc(N)cn3)n2)cc1Br. The van der Waals surface area contributed by atoms with Gasteiger partial charge < -0.3 is 15.0 Å². The third kappa shape index (κ3) is 2.73. The van der Waals surface area contributed by atoms with Gasteiger partial charge in [-0.3, -0.25) is 0 Å². The van der Waals surface area contributed by atoms with Crippen LogP contribution < -0.4 is 10.5 Å². The van der Waals surface area contributed by atoms with E-state index < -0.39 is 0 Å². The van der Waals surface area contributed by atoms with E-state index in [0.29, 0.717) is 23.1 Å². The fraction of sp³-hybridized carbons (Fsp3) is 0.0714. The molecule has 0 amide bonds. The molecule has 6 nitrogen and oxygen atoms in total. The molecule has 2 N–H and O–H groups in total. The van der Waals surface area contributed by atoms with E-state index in [0.717, 1.165) is 15.8 Å². The van der Waals surface area contributed by atoms with Gasteiger partial charge in [0.1, 0.15) is 11.4 Å². The molecule has 106 valence electrons. The van der Waals surface area contributed by atoms with Crippen LogP contribution in [-0.2, 0) is 0 Å². The summed E-state index contributed by atoms with van der Waals surface area (Å²) < 4.78 is 11.2. The maximum absolute atomic E-state index is 5.60. The van der Waals surface area contributed by atoms with Gasteiger partial charge in [0, 0.05) is 5.56 Å². The summed E-state index contributed by atoms with van der Waals surface area (Å²) in [6.45, 7) is 0. The predicted molar refractivity (Wildman–Crippen MR) is 81.6 cm³/mol. The number of anilines is 1. The van der Waals surface area contributed by atoms with E-state index in [1.165, 1.54) is 0 Å². The lowest BCUT2D eigenvalue weighted by Gasteiger charge is -2.03. The molecule has 0 atom stereocenters. The van der Waals surface area contributed by atoms with Crippen molar-refractivity contribution in [2.24, 2.45) is 0 Å². The van der Waals surface area contributed by atoms with Crippen LogP contribution in [0.25, 0.3) is 23.0 Å². The van der Waals surface area contributed by atoms with E-state index in [1.807, 2.05) is 18.2 Å². The zero-order chi connectivity index (χ0) is 14.8. The van der Waals surface area contributed by atoms with Gasteiger partial charge in [0.2, 0.25) is 5.82 Å². The summed E-state index contributed by atoms with van der Waals surface area (Å²) in [6, 6.07) is 9.02. The van der Waals surface area contributed by atoms with Crippen molar-refractivity contribution in [1.82, 2.24) is 15.1 Å². The van der Waals surface area contributed by atoms with E-state index in [4.69, 9.17) is 15.0 Å². The Morgan fingerprint density at radius 2 is 2.10 bits per heavy atom. The van der Waals surface area contributed by atoms with E-state index in [-0.39, 0.29) is 0 Å². The van der Waals surface area contributed by atoms with Gasteiger partial charge >= 0.3 is 0 Å². The zero-order valence-electron chi connectivity index (χ0n) is 11.1. The maximum Gasteiger partial charge on any atom is 0.276 e. The molecule has 0 aliphatic heterocycles. The molecule has 7 heteroatoms. The first-order valence-corrected chi connectivity index (χ1v) is 6.86. The Morgan fingerprint density at radius 1 is 1.24 bits per heavy atom. The Labute approximate surface area is 129 Å². The van der Waals surface area contributed by atoms with Gasteiger partial charge in [0.25, 0.3) is 5.89 Å². The molecular formula is C14H11BrN4O2. The number of ether oxygens (including phenoxy) is 1. The van der Waals surface area contributed by atoms with Crippen molar-refractivity contribution in [2.75, 3.05) is 12.8 Å². The number of halogens is 1. The lowest BCUT2D eigenvalue weighted by molar-refractivity contribution is 0.412. The number of aromatic nitrogens is 3. The number of benzene rings is 1. The van der Waals surface area contributed by atoms with Crippen LogP contribution in [-0.4, -0.2) is 22.2 Å². The van der Waals surface area contributed by atoms with Crippen LogP contribution >= 0.6 is 15.9 Å². The normalized spacial score (nSPS) is 10.6. The molecule has 0 saturated carbocycles.